The Hall–Kier alpha value is -3.80. The number of nitrogens with one attached hydrogen (secondary N) is 1. The number of benzene rings is 2. The summed E-state index contributed by atoms with van der Waals surface area (Å²) in [5.41, 5.74) is 3.61. The minimum atomic E-state index is -0.302. The molecule has 4 rings (SSSR count). The Morgan fingerprint density at radius 2 is 1.86 bits per heavy atom. The van der Waals surface area contributed by atoms with Gasteiger partial charge in [-0.1, -0.05) is 35.0 Å². The van der Waals surface area contributed by atoms with E-state index in [0.29, 0.717) is 17.2 Å². The van der Waals surface area contributed by atoms with Gasteiger partial charge in [0.2, 0.25) is 0 Å². The van der Waals surface area contributed by atoms with Crippen LogP contribution in [0.2, 0.25) is 0 Å². The molecular formula is C22H18N2O4. The average Bonchev–Trinajstić information content (AvgIpc) is 3.40. The molecule has 4 aromatic rings. The van der Waals surface area contributed by atoms with Gasteiger partial charge >= 0.3 is 0 Å². The number of hydrogen-bond acceptors (Lipinski definition) is 5. The third-order valence-electron chi connectivity index (χ3n) is 4.14. The molecule has 28 heavy (non-hydrogen) atoms. The van der Waals surface area contributed by atoms with Crippen molar-refractivity contribution < 1.29 is 18.5 Å². The first-order valence-electron chi connectivity index (χ1n) is 8.78. The smallest absolute Gasteiger partial charge is 0.291 e. The zero-order chi connectivity index (χ0) is 19.3. The van der Waals surface area contributed by atoms with Crippen LogP contribution in [0.15, 0.2) is 81.9 Å². The van der Waals surface area contributed by atoms with E-state index < -0.39 is 0 Å². The fraction of sp³-hybridized carbons (Fsp3) is 0.0909. The first-order chi connectivity index (χ1) is 13.7. The van der Waals surface area contributed by atoms with Crippen LogP contribution in [-0.2, 0) is 6.61 Å². The Labute approximate surface area is 161 Å². The Morgan fingerprint density at radius 1 is 1.07 bits per heavy atom. The van der Waals surface area contributed by atoms with E-state index in [0.717, 1.165) is 11.3 Å². The second-order valence-corrected chi connectivity index (χ2v) is 6.29. The Bertz CT molecular complexity index is 1050. The van der Waals surface area contributed by atoms with E-state index in [1.807, 2.05) is 37.3 Å². The highest BCUT2D eigenvalue weighted by Gasteiger charge is 2.09. The van der Waals surface area contributed by atoms with Crippen LogP contribution in [0.4, 0.5) is 5.69 Å². The first-order valence-corrected chi connectivity index (χ1v) is 8.78. The van der Waals surface area contributed by atoms with Gasteiger partial charge in [0, 0.05) is 17.3 Å². The standard InChI is InChI=1S/C22H18N2O4/c1-15-4-6-16(7-5-15)20-13-19(28-24-20)14-27-18-10-8-17(9-11-18)23-22(25)21-3-2-12-26-21/h2-13H,14H2,1H3,(H,23,25). The number of anilines is 1. The van der Waals surface area contributed by atoms with Crippen LogP contribution in [0.5, 0.6) is 5.75 Å². The van der Waals surface area contributed by atoms with Gasteiger partial charge in [0.1, 0.15) is 18.1 Å². The molecule has 0 atom stereocenters. The van der Waals surface area contributed by atoms with Gasteiger partial charge in [0.15, 0.2) is 11.5 Å². The molecule has 2 heterocycles. The molecule has 6 heteroatoms. The molecular weight excluding hydrogens is 356 g/mol. The van der Waals surface area contributed by atoms with Crippen molar-refractivity contribution in [3.63, 3.8) is 0 Å². The van der Waals surface area contributed by atoms with E-state index in [2.05, 4.69) is 10.5 Å². The summed E-state index contributed by atoms with van der Waals surface area (Å²) in [5, 5.41) is 6.84. The van der Waals surface area contributed by atoms with Crippen molar-refractivity contribution in [2.24, 2.45) is 0 Å². The fourth-order valence-corrected chi connectivity index (χ4v) is 2.63. The van der Waals surface area contributed by atoms with E-state index in [1.54, 1.807) is 36.4 Å². The Balaban J connectivity index is 1.34. The van der Waals surface area contributed by atoms with Crippen LogP contribution < -0.4 is 10.1 Å². The van der Waals surface area contributed by atoms with Crippen molar-refractivity contribution in [2.75, 3.05) is 5.32 Å². The number of carbonyl (C=O) groups excluding carboxylic acids is 1. The Kier molecular flexibility index (Phi) is 4.93. The molecule has 1 amide bonds. The number of hydrogen-bond donors (Lipinski definition) is 1. The molecule has 0 aliphatic heterocycles. The molecule has 2 aromatic heterocycles. The summed E-state index contributed by atoms with van der Waals surface area (Å²) in [6.45, 7) is 2.30. The summed E-state index contributed by atoms with van der Waals surface area (Å²) < 4.78 is 16.1. The summed E-state index contributed by atoms with van der Waals surface area (Å²) in [5.74, 6) is 1.24. The molecule has 2 aromatic carbocycles. The number of nitrogens with zero attached hydrogens (tertiary/aromatic N) is 1. The molecule has 0 unspecified atom stereocenters. The van der Waals surface area contributed by atoms with Gasteiger partial charge in [0.25, 0.3) is 5.91 Å². The zero-order valence-electron chi connectivity index (χ0n) is 15.2. The third-order valence-corrected chi connectivity index (χ3v) is 4.14. The van der Waals surface area contributed by atoms with E-state index in [-0.39, 0.29) is 18.3 Å². The van der Waals surface area contributed by atoms with Crippen LogP contribution in [0.1, 0.15) is 21.9 Å². The van der Waals surface area contributed by atoms with Crippen molar-refractivity contribution in [2.45, 2.75) is 13.5 Å². The number of furan rings is 1. The lowest BCUT2D eigenvalue weighted by molar-refractivity contribution is 0.0996. The van der Waals surface area contributed by atoms with E-state index >= 15 is 0 Å². The number of amides is 1. The molecule has 0 saturated carbocycles. The van der Waals surface area contributed by atoms with Crippen LogP contribution >= 0.6 is 0 Å². The lowest BCUT2D eigenvalue weighted by atomic mass is 10.1. The maximum Gasteiger partial charge on any atom is 0.291 e. The second-order valence-electron chi connectivity index (χ2n) is 6.29. The third kappa shape index (κ3) is 4.12. The number of aromatic nitrogens is 1. The average molecular weight is 374 g/mol. The summed E-state index contributed by atoms with van der Waals surface area (Å²) >= 11 is 0. The van der Waals surface area contributed by atoms with Crippen LogP contribution in [0.3, 0.4) is 0 Å². The minimum Gasteiger partial charge on any atom is -0.486 e. The molecule has 0 aliphatic rings. The summed E-state index contributed by atoms with van der Waals surface area (Å²) in [6.07, 6.45) is 1.46. The van der Waals surface area contributed by atoms with Gasteiger partial charge in [-0.15, -0.1) is 0 Å². The lowest BCUT2D eigenvalue weighted by Gasteiger charge is -2.06. The van der Waals surface area contributed by atoms with Crippen LogP contribution in [0.25, 0.3) is 11.3 Å². The molecule has 0 radical (unpaired) electrons. The molecule has 1 N–H and O–H groups in total. The number of rotatable bonds is 6. The summed E-state index contributed by atoms with van der Waals surface area (Å²) in [6, 6.07) is 20.3. The summed E-state index contributed by atoms with van der Waals surface area (Å²) in [4.78, 5) is 12.0. The van der Waals surface area contributed by atoms with Gasteiger partial charge in [0.05, 0.1) is 6.26 Å². The SMILES string of the molecule is Cc1ccc(-c2cc(COc3ccc(NC(=O)c4ccco4)cc3)on2)cc1. The molecule has 0 saturated heterocycles. The van der Waals surface area contributed by atoms with Gasteiger partial charge in [-0.05, 0) is 43.3 Å². The largest absolute Gasteiger partial charge is 0.486 e. The molecule has 140 valence electrons. The van der Waals surface area contributed by atoms with Gasteiger partial charge in [-0.2, -0.15) is 0 Å². The molecule has 0 spiro atoms. The van der Waals surface area contributed by atoms with Crippen LogP contribution in [0, 0.1) is 6.92 Å². The fourth-order valence-electron chi connectivity index (χ4n) is 2.63. The van der Waals surface area contributed by atoms with Gasteiger partial charge in [-0.3, -0.25) is 4.79 Å². The second kappa shape index (κ2) is 7.84. The van der Waals surface area contributed by atoms with Crippen molar-refractivity contribution in [1.82, 2.24) is 5.16 Å². The highest BCUT2D eigenvalue weighted by molar-refractivity contribution is 6.02. The van der Waals surface area contributed by atoms with Gasteiger partial charge < -0.3 is 19.0 Å². The predicted molar refractivity (Wildman–Crippen MR) is 104 cm³/mol. The zero-order valence-corrected chi connectivity index (χ0v) is 15.2. The quantitative estimate of drug-likeness (QED) is 0.509. The Morgan fingerprint density at radius 3 is 2.57 bits per heavy atom. The maximum absolute atomic E-state index is 12.0. The van der Waals surface area contributed by atoms with E-state index in [1.165, 1.54) is 11.8 Å². The van der Waals surface area contributed by atoms with Crippen molar-refractivity contribution >= 4 is 11.6 Å². The van der Waals surface area contributed by atoms with E-state index in [9.17, 15) is 4.79 Å². The molecule has 0 bridgehead atoms. The van der Waals surface area contributed by atoms with Gasteiger partial charge in [-0.25, -0.2) is 0 Å². The normalized spacial score (nSPS) is 10.6. The van der Waals surface area contributed by atoms with Crippen LogP contribution in [-0.4, -0.2) is 11.1 Å². The number of carbonyl (C=O) groups is 1. The minimum absolute atomic E-state index is 0.259. The lowest BCUT2D eigenvalue weighted by Crippen LogP contribution is -2.10. The topological polar surface area (TPSA) is 77.5 Å². The molecule has 0 aliphatic carbocycles. The predicted octanol–water partition coefficient (Wildman–Crippen LogP) is 5.07. The van der Waals surface area contributed by atoms with Crippen molar-refractivity contribution in [3.8, 4) is 17.0 Å². The highest BCUT2D eigenvalue weighted by Crippen LogP contribution is 2.22. The number of aryl methyl sites for hydroxylation is 1. The first kappa shape index (κ1) is 17.6. The van der Waals surface area contributed by atoms with Crippen molar-refractivity contribution in [3.05, 3.63) is 90.1 Å². The monoisotopic (exact) mass is 374 g/mol. The van der Waals surface area contributed by atoms with Crippen molar-refractivity contribution in [1.29, 1.82) is 0 Å². The molecule has 6 nitrogen and oxygen atoms in total. The highest BCUT2D eigenvalue weighted by atomic mass is 16.5. The molecule has 0 fully saturated rings. The maximum atomic E-state index is 12.0. The van der Waals surface area contributed by atoms with E-state index in [4.69, 9.17) is 13.7 Å². The summed E-state index contributed by atoms with van der Waals surface area (Å²) in [7, 11) is 0. The number of ether oxygens (including phenoxy) is 1.